The van der Waals surface area contributed by atoms with Crippen LogP contribution in [0.1, 0.15) is 24.6 Å². The summed E-state index contributed by atoms with van der Waals surface area (Å²) >= 11 is 7.93. The van der Waals surface area contributed by atoms with Crippen molar-refractivity contribution in [2.24, 2.45) is 0 Å². The smallest absolute Gasteiger partial charge is 0.226 e. The summed E-state index contributed by atoms with van der Waals surface area (Å²) in [6.07, 6.45) is 1.57. The Bertz CT molecular complexity index is 944. The van der Waals surface area contributed by atoms with Crippen molar-refractivity contribution in [3.8, 4) is 5.75 Å². The van der Waals surface area contributed by atoms with E-state index in [0.717, 1.165) is 15.5 Å². The van der Waals surface area contributed by atoms with Crippen molar-refractivity contribution in [2.75, 3.05) is 12.4 Å². The number of aryl methyl sites for hydroxylation is 2. The molecule has 0 spiro atoms. The number of ether oxygens (including phenoxy) is 1. The molecular weight excluding hydrogens is 398 g/mol. The van der Waals surface area contributed by atoms with Crippen LogP contribution in [-0.2, 0) is 11.2 Å². The molecule has 6 nitrogen and oxygen atoms in total. The molecule has 8 heteroatoms. The second-order valence-corrected chi connectivity index (χ2v) is 7.58. The van der Waals surface area contributed by atoms with Crippen LogP contribution in [0.15, 0.2) is 56.8 Å². The largest absolute Gasteiger partial charge is 0.497 e. The number of carbonyl (C=O) groups excluding carboxylic acids is 1. The number of hydrogen-bond donors (Lipinski definition) is 1. The number of amides is 1. The lowest BCUT2D eigenvalue weighted by atomic mass is 10.2. The fourth-order valence-electron chi connectivity index (χ4n) is 2.50. The standard InChI is InChI=1S/C20H20ClN3O3S/c1-13-22-20(27-24-13)5-3-4-19(25)23-14-6-11-18(17(21)12-14)28-16-9-7-15(26-2)8-10-16/h6-12H,3-5H2,1-2H3,(H,23,25). The molecule has 0 radical (unpaired) electrons. The lowest BCUT2D eigenvalue weighted by Gasteiger charge is -2.09. The molecule has 0 bridgehead atoms. The van der Waals surface area contributed by atoms with Gasteiger partial charge in [-0.2, -0.15) is 4.98 Å². The summed E-state index contributed by atoms with van der Waals surface area (Å²) < 4.78 is 10.2. The molecule has 1 heterocycles. The first-order valence-electron chi connectivity index (χ1n) is 8.74. The van der Waals surface area contributed by atoms with Gasteiger partial charge in [-0.25, -0.2) is 0 Å². The number of nitrogens with one attached hydrogen (secondary N) is 1. The van der Waals surface area contributed by atoms with Crippen molar-refractivity contribution in [3.63, 3.8) is 0 Å². The van der Waals surface area contributed by atoms with Gasteiger partial charge < -0.3 is 14.6 Å². The predicted octanol–water partition coefficient (Wildman–Crippen LogP) is 5.15. The first-order chi connectivity index (χ1) is 13.5. The highest BCUT2D eigenvalue weighted by Gasteiger charge is 2.09. The van der Waals surface area contributed by atoms with E-state index in [1.165, 1.54) is 0 Å². The molecule has 0 unspecified atom stereocenters. The first kappa shape index (κ1) is 20.2. The molecule has 1 N–H and O–H groups in total. The number of methoxy groups -OCH3 is 1. The van der Waals surface area contributed by atoms with E-state index in [4.69, 9.17) is 20.9 Å². The van der Waals surface area contributed by atoms with Gasteiger partial charge in [-0.15, -0.1) is 0 Å². The van der Waals surface area contributed by atoms with Crippen molar-refractivity contribution in [1.82, 2.24) is 10.1 Å². The van der Waals surface area contributed by atoms with Crippen LogP contribution in [0.25, 0.3) is 0 Å². The molecule has 0 aliphatic heterocycles. The highest BCUT2D eigenvalue weighted by Crippen LogP contribution is 2.35. The van der Waals surface area contributed by atoms with Gasteiger partial charge in [0.05, 0.1) is 12.1 Å². The van der Waals surface area contributed by atoms with Crippen LogP contribution in [0.2, 0.25) is 5.02 Å². The van der Waals surface area contributed by atoms with Crippen LogP contribution >= 0.6 is 23.4 Å². The second kappa shape index (κ2) is 9.61. The van der Waals surface area contributed by atoms with Crippen LogP contribution in [0.4, 0.5) is 5.69 Å². The normalized spacial score (nSPS) is 10.7. The maximum absolute atomic E-state index is 12.1. The van der Waals surface area contributed by atoms with Crippen LogP contribution in [-0.4, -0.2) is 23.2 Å². The fourth-order valence-corrected chi connectivity index (χ4v) is 3.61. The zero-order chi connectivity index (χ0) is 19.9. The zero-order valence-electron chi connectivity index (χ0n) is 15.6. The maximum atomic E-state index is 12.1. The number of benzene rings is 2. The molecule has 0 atom stereocenters. The Labute approximate surface area is 172 Å². The van der Waals surface area contributed by atoms with Crippen molar-refractivity contribution >= 4 is 35.0 Å². The van der Waals surface area contributed by atoms with Crippen LogP contribution < -0.4 is 10.1 Å². The van der Waals surface area contributed by atoms with E-state index in [0.29, 0.717) is 41.7 Å². The molecule has 0 aliphatic rings. The molecule has 0 aliphatic carbocycles. The van der Waals surface area contributed by atoms with Gasteiger partial charge in [-0.05, 0) is 55.8 Å². The Balaban J connectivity index is 1.51. The Kier molecular flexibility index (Phi) is 6.95. The third-order valence-corrected chi connectivity index (χ3v) is 5.38. The molecule has 3 rings (SSSR count). The molecule has 0 fully saturated rings. The summed E-state index contributed by atoms with van der Waals surface area (Å²) in [7, 11) is 1.64. The third-order valence-electron chi connectivity index (χ3n) is 3.87. The topological polar surface area (TPSA) is 77.2 Å². The van der Waals surface area contributed by atoms with Crippen LogP contribution in [0.5, 0.6) is 5.75 Å². The molecule has 1 amide bonds. The van der Waals surface area contributed by atoms with E-state index in [1.807, 2.05) is 36.4 Å². The number of hydrogen-bond acceptors (Lipinski definition) is 6. The predicted molar refractivity (Wildman–Crippen MR) is 109 cm³/mol. The minimum absolute atomic E-state index is 0.0807. The molecule has 3 aromatic rings. The van der Waals surface area contributed by atoms with Gasteiger partial charge in [0.25, 0.3) is 0 Å². The zero-order valence-corrected chi connectivity index (χ0v) is 17.1. The quantitative estimate of drug-likeness (QED) is 0.546. The summed E-state index contributed by atoms with van der Waals surface area (Å²) in [6, 6.07) is 13.2. The van der Waals surface area contributed by atoms with E-state index < -0.39 is 0 Å². The summed E-state index contributed by atoms with van der Waals surface area (Å²) in [5, 5.41) is 7.18. The number of carbonyl (C=O) groups is 1. The van der Waals surface area contributed by atoms with E-state index in [1.54, 1.807) is 31.9 Å². The van der Waals surface area contributed by atoms with Gasteiger partial charge in [-0.1, -0.05) is 28.5 Å². The van der Waals surface area contributed by atoms with Gasteiger partial charge >= 0.3 is 0 Å². The monoisotopic (exact) mass is 417 g/mol. The van der Waals surface area contributed by atoms with Gasteiger partial charge in [0, 0.05) is 28.3 Å². The molecule has 2 aromatic carbocycles. The second-order valence-electron chi connectivity index (χ2n) is 6.06. The average Bonchev–Trinajstić information content (AvgIpc) is 3.09. The Hall–Kier alpha value is -2.51. The van der Waals surface area contributed by atoms with Gasteiger partial charge in [0.1, 0.15) is 5.75 Å². The molecule has 28 heavy (non-hydrogen) atoms. The Morgan fingerprint density at radius 2 is 2.04 bits per heavy atom. The fraction of sp³-hybridized carbons (Fsp3) is 0.250. The minimum Gasteiger partial charge on any atom is -0.497 e. The average molecular weight is 418 g/mol. The molecule has 0 saturated carbocycles. The lowest BCUT2D eigenvalue weighted by Crippen LogP contribution is -2.11. The van der Waals surface area contributed by atoms with Gasteiger partial charge in [-0.3, -0.25) is 4.79 Å². The SMILES string of the molecule is COc1ccc(Sc2ccc(NC(=O)CCCc3nc(C)no3)cc2Cl)cc1. The molecule has 146 valence electrons. The molecule has 0 saturated heterocycles. The summed E-state index contributed by atoms with van der Waals surface area (Å²) in [5.74, 6) is 1.88. The van der Waals surface area contributed by atoms with Crippen molar-refractivity contribution in [1.29, 1.82) is 0 Å². The summed E-state index contributed by atoms with van der Waals surface area (Å²) in [6.45, 7) is 1.76. The number of nitrogens with zero attached hydrogens (tertiary/aromatic N) is 2. The van der Waals surface area contributed by atoms with Crippen molar-refractivity contribution in [3.05, 3.63) is 59.2 Å². The highest BCUT2D eigenvalue weighted by molar-refractivity contribution is 7.99. The number of aromatic nitrogens is 2. The van der Waals surface area contributed by atoms with Crippen molar-refractivity contribution in [2.45, 2.75) is 36.0 Å². The lowest BCUT2D eigenvalue weighted by molar-refractivity contribution is -0.116. The number of rotatable bonds is 8. The minimum atomic E-state index is -0.0807. The highest BCUT2D eigenvalue weighted by atomic mass is 35.5. The number of halogens is 1. The van der Waals surface area contributed by atoms with Crippen LogP contribution in [0.3, 0.4) is 0 Å². The first-order valence-corrected chi connectivity index (χ1v) is 9.93. The van der Waals surface area contributed by atoms with E-state index in [2.05, 4.69) is 15.5 Å². The third kappa shape index (κ3) is 5.74. The number of anilines is 1. The van der Waals surface area contributed by atoms with E-state index in [9.17, 15) is 4.79 Å². The maximum Gasteiger partial charge on any atom is 0.226 e. The summed E-state index contributed by atoms with van der Waals surface area (Å²) in [5.41, 5.74) is 0.669. The Morgan fingerprint density at radius 1 is 1.25 bits per heavy atom. The van der Waals surface area contributed by atoms with Gasteiger partial charge in [0.2, 0.25) is 11.8 Å². The van der Waals surface area contributed by atoms with Gasteiger partial charge in [0.15, 0.2) is 5.82 Å². The summed E-state index contributed by atoms with van der Waals surface area (Å²) in [4.78, 5) is 18.2. The van der Waals surface area contributed by atoms with Crippen molar-refractivity contribution < 1.29 is 14.1 Å². The molecule has 1 aromatic heterocycles. The molecular formula is C20H20ClN3O3S. The van der Waals surface area contributed by atoms with E-state index >= 15 is 0 Å². The Morgan fingerprint density at radius 3 is 2.68 bits per heavy atom. The van der Waals surface area contributed by atoms with E-state index in [-0.39, 0.29) is 5.91 Å². The van der Waals surface area contributed by atoms with Crippen LogP contribution in [0, 0.1) is 6.92 Å².